The Morgan fingerprint density at radius 3 is 2.62 bits per heavy atom. The number of allylic oxidation sites excluding steroid dienone is 1. The van der Waals surface area contributed by atoms with Crippen LogP contribution in [0.25, 0.3) is 0 Å². The summed E-state index contributed by atoms with van der Waals surface area (Å²) in [5.74, 6) is 0.884. The number of fused-ring (bicyclic) bond motifs is 1. The van der Waals surface area contributed by atoms with Gasteiger partial charge in [-0.3, -0.25) is 0 Å². The van der Waals surface area contributed by atoms with Crippen LogP contribution in [0, 0.1) is 18.3 Å². The van der Waals surface area contributed by atoms with E-state index >= 15 is 0 Å². The number of esters is 1. The third-order valence-electron chi connectivity index (χ3n) is 5.30. The summed E-state index contributed by atoms with van der Waals surface area (Å²) in [6.45, 7) is 4.07. The van der Waals surface area contributed by atoms with E-state index in [2.05, 4.69) is 6.07 Å². The van der Waals surface area contributed by atoms with Crippen molar-refractivity contribution in [3.63, 3.8) is 0 Å². The molecule has 34 heavy (non-hydrogen) atoms. The van der Waals surface area contributed by atoms with E-state index in [1.807, 2.05) is 56.3 Å². The maximum atomic E-state index is 12.3. The predicted octanol–water partition coefficient (Wildman–Crippen LogP) is 4.60. The molecule has 0 aromatic heterocycles. The van der Waals surface area contributed by atoms with Gasteiger partial charge in [0.1, 0.15) is 34.6 Å². The van der Waals surface area contributed by atoms with Gasteiger partial charge in [-0.25, -0.2) is 4.79 Å². The molecule has 0 spiro atoms. The van der Waals surface area contributed by atoms with E-state index in [0.29, 0.717) is 29.4 Å². The second-order valence-corrected chi connectivity index (χ2v) is 7.67. The van der Waals surface area contributed by atoms with Gasteiger partial charge >= 0.3 is 5.97 Å². The zero-order valence-corrected chi connectivity index (χ0v) is 18.9. The Balaban J connectivity index is 1.58. The van der Waals surface area contributed by atoms with Gasteiger partial charge in [0.05, 0.1) is 12.5 Å². The Morgan fingerprint density at radius 2 is 1.85 bits per heavy atom. The van der Waals surface area contributed by atoms with Gasteiger partial charge in [0.25, 0.3) is 0 Å². The first kappa shape index (κ1) is 22.7. The van der Waals surface area contributed by atoms with Crippen LogP contribution in [-0.4, -0.2) is 19.2 Å². The van der Waals surface area contributed by atoms with Crippen LogP contribution in [0.1, 0.15) is 29.5 Å². The lowest BCUT2D eigenvalue weighted by molar-refractivity contribution is -0.136. The third kappa shape index (κ3) is 4.81. The van der Waals surface area contributed by atoms with Crippen LogP contribution in [0.4, 0.5) is 0 Å². The van der Waals surface area contributed by atoms with Crippen molar-refractivity contribution in [2.45, 2.75) is 19.8 Å². The number of nitrogens with two attached hydrogens (primary N) is 1. The summed E-state index contributed by atoms with van der Waals surface area (Å²) in [6, 6.07) is 22.1. The molecule has 1 heterocycles. The van der Waals surface area contributed by atoms with Gasteiger partial charge in [-0.15, -0.1) is 0 Å². The summed E-state index contributed by atoms with van der Waals surface area (Å²) >= 11 is 0. The second-order valence-electron chi connectivity index (χ2n) is 7.67. The quantitative estimate of drug-likeness (QED) is 0.409. The molecule has 7 nitrogen and oxygen atoms in total. The van der Waals surface area contributed by atoms with Gasteiger partial charge in [-0.2, -0.15) is 5.26 Å². The number of hydrogen-bond donors (Lipinski definition) is 1. The second kappa shape index (κ2) is 10.0. The molecule has 0 aliphatic carbocycles. The first-order valence-corrected chi connectivity index (χ1v) is 10.8. The fraction of sp³-hybridized carbons (Fsp3) is 0.185. The van der Waals surface area contributed by atoms with Crippen LogP contribution in [0.3, 0.4) is 0 Å². The van der Waals surface area contributed by atoms with E-state index in [0.717, 1.165) is 11.1 Å². The van der Waals surface area contributed by atoms with Crippen molar-refractivity contribution in [1.82, 2.24) is 0 Å². The molecule has 0 saturated heterocycles. The molecular formula is C27H24N2O5. The highest BCUT2D eigenvalue weighted by Gasteiger charge is 2.32. The minimum absolute atomic E-state index is 0.00226. The number of hydrogen-bond acceptors (Lipinski definition) is 7. The van der Waals surface area contributed by atoms with E-state index in [1.54, 1.807) is 24.3 Å². The Hall–Kier alpha value is -4.44. The molecule has 3 aromatic rings. The monoisotopic (exact) mass is 456 g/mol. The van der Waals surface area contributed by atoms with Crippen molar-refractivity contribution in [3.8, 4) is 29.1 Å². The van der Waals surface area contributed by atoms with Crippen LogP contribution >= 0.6 is 0 Å². The van der Waals surface area contributed by atoms with Gasteiger partial charge < -0.3 is 24.7 Å². The highest BCUT2D eigenvalue weighted by molar-refractivity contribution is 5.74. The fourth-order valence-corrected chi connectivity index (χ4v) is 3.83. The number of ether oxygens (including phenoxy) is 4. The van der Waals surface area contributed by atoms with Gasteiger partial charge in [0.2, 0.25) is 5.88 Å². The molecule has 0 saturated carbocycles. The fourth-order valence-electron chi connectivity index (χ4n) is 3.83. The minimum atomic E-state index is -0.559. The number of carbonyl (C=O) groups excluding carboxylic acids is 1. The average Bonchev–Trinajstić information content (AvgIpc) is 2.82. The van der Waals surface area contributed by atoms with Crippen molar-refractivity contribution in [2.75, 3.05) is 13.2 Å². The number of carbonyl (C=O) groups is 1. The van der Waals surface area contributed by atoms with Crippen LogP contribution in [0.5, 0.6) is 23.0 Å². The van der Waals surface area contributed by atoms with Gasteiger partial charge in [-0.05, 0) is 43.7 Å². The summed E-state index contributed by atoms with van der Waals surface area (Å²) < 4.78 is 22.4. The standard InChI is InChI=1S/C27H24N2O5/c1-3-31-23-10-5-4-9-20(23)26-21-12-11-19(14-24(21)34-27(29)22(26)15-28)33-25(30)16-32-18-8-6-7-17(2)13-18/h4-14,26H,3,16,29H2,1-2H3. The molecule has 0 bridgehead atoms. The van der Waals surface area contributed by atoms with Crippen LogP contribution in [-0.2, 0) is 4.79 Å². The molecule has 0 fully saturated rings. The zero-order valence-electron chi connectivity index (χ0n) is 18.9. The number of nitriles is 1. The van der Waals surface area contributed by atoms with E-state index < -0.39 is 11.9 Å². The van der Waals surface area contributed by atoms with Crippen LogP contribution in [0.2, 0.25) is 0 Å². The summed E-state index contributed by atoms with van der Waals surface area (Å²) in [4.78, 5) is 12.3. The number of benzene rings is 3. The summed E-state index contributed by atoms with van der Waals surface area (Å²) in [5.41, 5.74) is 8.93. The Morgan fingerprint density at radius 1 is 1.03 bits per heavy atom. The highest BCUT2D eigenvalue weighted by Crippen LogP contribution is 2.45. The van der Waals surface area contributed by atoms with E-state index in [9.17, 15) is 10.1 Å². The van der Waals surface area contributed by atoms with Gasteiger partial charge in [-0.1, -0.05) is 36.4 Å². The molecule has 1 atom stereocenters. The molecule has 0 amide bonds. The summed E-state index contributed by atoms with van der Waals surface area (Å²) in [7, 11) is 0. The topological polar surface area (TPSA) is 104 Å². The van der Waals surface area contributed by atoms with Crippen molar-refractivity contribution in [1.29, 1.82) is 5.26 Å². The van der Waals surface area contributed by atoms with Crippen molar-refractivity contribution < 1.29 is 23.7 Å². The molecule has 2 N–H and O–H groups in total. The van der Waals surface area contributed by atoms with E-state index in [4.69, 9.17) is 24.7 Å². The van der Waals surface area contributed by atoms with Crippen molar-refractivity contribution >= 4 is 5.97 Å². The molecule has 1 aliphatic rings. The molecule has 3 aromatic carbocycles. The molecular weight excluding hydrogens is 432 g/mol. The SMILES string of the molecule is CCOc1ccccc1C1C(C#N)=C(N)Oc2cc(OC(=O)COc3cccc(C)c3)ccc21. The molecule has 1 aliphatic heterocycles. The smallest absolute Gasteiger partial charge is 0.349 e. The molecule has 0 radical (unpaired) electrons. The van der Waals surface area contributed by atoms with Gasteiger partial charge in [0, 0.05) is 17.2 Å². The average molecular weight is 456 g/mol. The van der Waals surface area contributed by atoms with Crippen LogP contribution < -0.4 is 24.7 Å². The molecule has 4 rings (SSSR count). The summed E-state index contributed by atoms with van der Waals surface area (Å²) in [5, 5.41) is 9.79. The lowest BCUT2D eigenvalue weighted by atomic mass is 9.83. The highest BCUT2D eigenvalue weighted by atomic mass is 16.6. The lowest BCUT2D eigenvalue weighted by Crippen LogP contribution is -2.22. The van der Waals surface area contributed by atoms with Gasteiger partial charge in [0.15, 0.2) is 6.61 Å². The first-order chi connectivity index (χ1) is 16.5. The normalized spacial score (nSPS) is 14.4. The first-order valence-electron chi connectivity index (χ1n) is 10.8. The number of nitrogens with zero attached hydrogens (tertiary/aromatic N) is 1. The third-order valence-corrected chi connectivity index (χ3v) is 5.30. The summed E-state index contributed by atoms with van der Waals surface area (Å²) in [6.07, 6.45) is 0. The predicted molar refractivity (Wildman–Crippen MR) is 126 cm³/mol. The van der Waals surface area contributed by atoms with Crippen molar-refractivity contribution in [3.05, 3.63) is 94.9 Å². The maximum absolute atomic E-state index is 12.3. The Kier molecular flexibility index (Phi) is 6.69. The zero-order chi connectivity index (χ0) is 24.1. The molecule has 7 heteroatoms. The number of aryl methyl sites for hydroxylation is 1. The maximum Gasteiger partial charge on any atom is 0.349 e. The Bertz CT molecular complexity index is 1290. The molecule has 172 valence electrons. The van der Waals surface area contributed by atoms with E-state index in [-0.39, 0.29) is 23.8 Å². The largest absolute Gasteiger partial charge is 0.494 e. The van der Waals surface area contributed by atoms with E-state index in [1.165, 1.54) is 0 Å². The Labute approximate surface area is 197 Å². The van der Waals surface area contributed by atoms with Crippen molar-refractivity contribution in [2.24, 2.45) is 5.73 Å². The number of para-hydroxylation sites is 1. The van der Waals surface area contributed by atoms with Crippen LogP contribution in [0.15, 0.2) is 78.2 Å². The number of rotatable bonds is 7. The lowest BCUT2D eigenvalue weighted by Gasteiger charge is -2.27. The molecule has 1 unspecified atom stereocenters. The minimum Gasteiger partial charge on any atom is -0.494 e.